The minimum Gasteiger partial charge on any atom is -0.471 e. The molecule has 1 aromatic rings. The first kappa shape index (κ1) is 13.2. The van der Waals surface area contributed by atoms with Crippen LogP contribution in [0.5, 0.6) is 5.88 Å². The average Bonchev–Trinajstić information content (AvgIpc) is 2.23. The molecule has 0 aliphatic carbocycles. The molecule has 0 spiro atoms. The fourth-order valence-electron chi connectivity index (χ4n) is 1.00. The van der Waals surface area contributed by atoms with Crippen LogP contribution in [-0.2, 0) is 0 Å². The lowest BCUT2D eigenvalue weighted by atomic mass is 10.1. The van der Waals surface area contributed by atoms with Crippen LogP contribution in [0.25, 0.3) is 0 Å². The summed E-state index contributed by atoms with van der Waals surface area (Å²) in [4.78, 5) is 8.44. The molecule has 0 amide bonds. The Labute approximate surface area is 105 Å². The maximum absolute atomic E-state index is 5.83. The van der Waals surface area contributed by atoms with Crippen LogP contribution in [0.3, 0.4) is 0 Å². The Kier molecular flexibility index (Phi) is 4.53. The Morgan fingerprint density at radius 1 is 1.44 bits per heavy atom. The van der Waals surface area contributed by atoms with Gasteiger partial charge in [-0.15, -0.1) is 0 Å². The van der Waals surface area contributed by atoms with Crippen molar-refractivity contribution in [2.24, 2.45) is 0 Å². The molecule has 0 aromatic carbocycles. The Morgan fingerprint density at radius 3 is 2.69 bits per heavy atom. The zero-order valence-electron chi connectivity index (χ0n) is 10.2. The van der Waals surface area contributed by atoms with E-state index in [1.807, 2.05) is 20.8 Å². The van der Waals surface area contributed by atoms with Crippen molar-refractivity contribution in [3.63, 3.8) is 0 Å². The van der Waals surface area contributed by atoms with Gasteiger partial charge in [0.05, 0.1) is 10.7 Å². The van der Waals surface area contributed by atoms with Gasteiger partial charge in [0, 0.05) is 6.54 Å². The number of anilines is 1. The number of hydrogen-bond donors (Lipinski definition) is 1. The number of aromatic nitrogens is 2. The summed E-state index contributed by atoms with van der Waals surface area (Å²) >= 11 is 3.39. The van der Waals surface area contributed by atoms with Gasteiger partial charge in [0.1, 0.15) is 5.60 Å². The van der Waals surface area contributed by atoms with Gasteiger partial charge in [0.25, 0.3) is 0 Å². The fraction of sp³-hybridized carbons (Fsp3) is 0.636. The van der Waals surface area contributed by atoms with Crippen LogP contribution < -0.4 is 10.1 Å². The quantitative estimate of drug-likeness (QED) is 0.903. The number of nitrogens with one attached hydrogen (secondary N) is 1. The van der Waals surface area contributed by atoms with Gasteiger partial charge in [-0.25, -0.2) is 4.98 Å². The molecule has 1 aromatic heterocycles. The van der Waals surface area contributed by atoms with Crippen LogP contribution in [0.2, 0.25) is 0 Å². The van der Waals surface area contributed by atoms with E-state index >= 15 is 0 Å². The summed E-state index contributed by atoms with van der Waals surface area (Å²) in [5.41, 5.74) is -0.222. The smallest absolute Gasteiger partial charge is 0.233 e. The fourth-order valence-corrected chi connectivity index (χ4v) is 1.27. The normalized spacial score (nSPS) is 11.3. The lowest BCUT2D eigenvalue weighted by Gasteiger charge is -2.24. The lowest BCUT2D eigenvalue weighted by molar-refractivity contribution is 0.0979. The van der Waals surface area contributed by atoms with Crippen molar-refractivity contribution >= 4 is 21.9 Å². The highest BCUT2D eigenvalue weighted by Gasteiger charge is 2.19. The standard InChI is InChI=1S/C11H18BrN3O/c1-5-11(3,4)16-9-8(12)7-14-10(15-9)13-6-2/h7H,5-6H2,1-4H3,(H,13,14,15). The zero-order chi connectivity index (χ0) is 12.2. The van der Waals surface area contributed by atoms with Crippen LogP contribution in [0.1, 0.15) is 34.1 Å². The van der Waals surface area contributed by atoms with E-state index in [4.69, 9.17) is 4.74 Å². The second-order valence-corrected chi connectivity index (χ2v) is 4.95. The van der Waals surface area contributed by atoms with Gasteiger partial charge < -0.3 is 10.1 Å². The monoisotopic (exact) mass is 287 g/mol. The van der Waals surface area contributed by atoms with Crippen molar-refractivity contribution in [1.29, 1.82) is 0 Å². The van der Waals surface area contributed by atoms with Gasteiger partial charge in [0.2, 0.25) is 11.8 Å². The summed E-state index contributed by atoms with van der Waals surface area (Å²) < 4.78 is 6.60. The minimum atomic E-state index is -0.222. The SMILES string of the molecule is CCNc1ncc(Br)c(OC(C)(C)CC)n1. The van der Waals surface area contributed by atoms with E-state index in [0.29, 0.717) is 11.8 Å². The molecule has 1 N–H and O–H groups in total. The van der Waals surface area contributed by atoms with Gasteiger partial charge in [-0.1, -0.05) is 6.92 Å². The van der Waals surface area contributed by atoms with Crippen molar-refractivity contribution in [2.75, 3.05) is 11.9 Å². The molecule has 16 heavy (non-hydrogen) atoms. The highest BCUT2D eigenvalue weighted by Crippen LogP contribution is 2.27. The Morgan fingerprint density at radius 2 is 2.12 bits per heavy atom. The van der Waals surface area contributed by atoms with E-state index < -0.39 is 0 Å². The number of halogens is 1. The van der Waals surface area contributed by atoms with E-state index in [0.717, 1.165) is 17.4 Å². The van der Waals surface area contributed by atoms with Gasteiger partial charge in [-0.05, 0) is 43.1 Å². The summed E-state index contributed by atoms with van der Waals surface area (Å²) in [6.07, 6.45) is 2.62. The second-order valence-electron chi connectivity index (χ2n) is 4.09. The Hall–Kier alpha value is -0.840. The molecule has 4 nitrogen and oxygen atoms in total. The molecule has 0 aliphatic heterocycles. The van der Waals surface area contributed by atoms with Gasteiger partial charge >= 0.3 is 0 Å². The second kappa shape index (κ2) is 5.48. The van der Waals surface area contributed by atoms with Crippen LogP contribution in [0, 0.1) is 0 Å². The molecule has 1 heterocycles. The topological polar surface area (TPSA) is 47.0 Å². The maximum Gasteiger partial charge on any atom is 0.233 e. The summed E-state index contributed by atoms with van der Waals surface area (Å²) in [7, 11) is 0. The van der Waals surface area contributed by atoms with Gasteiger partial charge in [-0.2, -0.15) is 4.98 Å². The summed E-state index contributed by atoms with van der Waals surface area (Å²) in [6.45, 7) is 8.95. The predicted molar refractivity (Wildman–Crippen MR) is 68.9 cm³/mol. The third kappa shape index (κ3) is 3.63. The van der Waals surface area contributed by atoms with E-state index in [1.165, 1.54) is 0 Å². The Bertz CT molecular complexity index is 355. The predicted octanol–water partition coefficient (Wildman–Crippen LogP) is 3.24. The van der Waals surface area contributed by atoms with Crippen LogP contribution >= 0.6 is 15.9 Å². The first-order valence-electron chi connectivity index (χ1n) is 5.44. The molecule has 0 saturated carbocycles. The first-order valence-corrected chi connectivity index (χ1v) is 6.23. The van der Waals surface area contributed by atoms with Gasteiger partial charge in [0.15, 0.2) is 0 Å². The van der Waals surface area contributed by atoms with Crippen molar-refractivity contribution < 1.29 is 4.74 Å². The van der Waals surface area contributed by atoms with Crippen molar-refractivity contribution in [1.82, 2.24) is 9.97 Å². The number of ether oxygens (including phenoxy) is 1. The highest BCUT2D eigenvalue weighted by molar-refractivity contribution is 9.10. The largest absolute Gasteiger partial charge is 0.471 e. The summed E-state index contributed by atoms with van der Waals surface area (Å²) in [6, 6.07) is 0. The van der Waals surface area contributed by atoms with E-state index in [2.05, 4.69) is 38.1 Å². The van der Waals surface area contributed by atoms with E-state index in [9.17, 15) is 0 Å². The number of hydrogen-bond acceptors (Lipinski definition) is 4. The molecule has 0 atom stereocenters. The molecule has 0 bridgehead atoms. The molecular formula is C11H18BrN3O. The van der Waals surface area contributed by atoms with Crippen molar-refractivity contribution in [3.05, 3.63) is 10.7 Å². The average molecular weight is 288 g/mol. The van der Waals surface area contributed by atoms with E-state index in [1.54, 1.807) is 6.20 Å². The molecule has 0 fully saturated rings. The molecule has 1 rings (SSSR count). The molecule has 0 aliphatic rings. The zero-order valence-corrected chi connectivity index (χ0v) is 11.8. The van der Waals surface area contributed by atoms with Crippen molar-refractivity contribution in [3.8, 4) is 5.88 Å². The Balaban J connectivity index is 2.89. The molecular weight excluding hydrogens is 270 g/mol. The molecule has 0 saturated heterocycles. The molecule has 5 heteroatoms. The molecule has 0 radical (unpaired) electrons. The molecule has 90 valence electrons. The number of rotatable bonds is 5. The number of nitrogens with zero attached hydrogens (tertiary/aromatic N) is 2. The van der Waals surface area contributed by atoms with Crippen LogP contribution in [0.15, 0.2) is 10.7 Å². The minimum absolute atomic E-state index is 0.222. The first-order chi connectivity index (χ1) is 7.48. The van der Waals surface area contributed by atoms with Crippen LogP contribution in [0.4, 0.5) is 5.95 Å². The summed E-state index contributed by atoms with van der Waals surface area (Å²) in [5, 5.41) is 3.06. The highest BCUT2D eigenvalue weighted by atomic mass is 79.9. The third-order valence-electron chi connectivity index (χ3n) is 2.27. The third-order valence-corrected chi connectivity index (χ3v) is 2.82. The van der Waals surface area contributed by atoms with Gasteiger partial charge in [-0.3, -0.25) is 0 Å². The lowest BCUT2D eigenvalue weighted by Crippen LogP contribution is -2.27. The van der Waals surface area contributed by atoms with Crippen LogP contribution in [-0.4, -0.2) is 22.1 Å². The summed E-state index contributed by atoms with van der Waals surface area (Å²) in [5.74, 6) is 1.17. The maximum atomic E-state index is 5.83. The van der Waals surface area contributed by atoms with E-state index in [-0.39, 0.29) is 5.60 Å². The van der Waals surface area contributed by atoms with Crippen molar-refractivity contribution in [2.45, 2.75) is 39.7 Å². The molecule has 0 unspecified atom stereocenters.